The molecule has 0 aliphatic carbocycles. The van der Waals surface area contributed by atoms with E-state index in [1.807, 2.05) is 56.3 Å². The molecule has 9 heteroatoms. The Morgan fingerprint density at radius 2 is 1.86 bits per heavy atom. The van der Waals surface area contributed by atoms with Crippen LogP contribution in [0.3, 0.4) is 0 Å². The molecule has 0 spiro atoms. The van der Waals surface area contributed by atoms with E-state index in [9.17, 15) is 9.59 Å². The summed E-state index contributed by atoms with van der Waals surface area (Å²) in [5.41, 5.74) is 2.94. The zero-order chi connectivity index (χ0) is 25.4. The number of ether oxygens (including phenoxy) is 2. The average Bonchev–Trinajstić information content (AvgIpc) is 3.45. The van der Waals surface area contributed by atoms with Crippen molar-refractivity contribution in [3.63, 3.8) is 0 Å². The molecule has 2 aromatic carbocycles. The van der Waals surface area contributed by atoms with Crippen LogP contribution < -0.4 is 10.1 Å². The van der Waals surface area contributed by atoms with Crippen LogP contribution >= 0.6 is 0 Å². The molecule has 0 saturated carbocycles. The molecule has 0 atom stereocenters. The fraction of sp³-hybridized carbons (Fsp3) is 0.185. The van der Waals surface area contributed by atoms with Gasteiger partial charge in [0.2, 0.25) is 0 Å². The standard InChI is InChI=1S/C27H24N4O5/c1-5-35-27(33)19-14-28-31(22-13-15(2)17-10-8-12-21(34-4)23(17)29-22)25(19)30-26(32)24-16(3)18-9-6-7-11-20(18)36-24/h6-14H,5H2,1-4H3,(H,30,32). The van der Waals surface area contributed by atoms with Gasteiger partial charge in [-0.25, -0.2) is 9.78 Å². The van der Waals surface area contributed by atoms with Gasteiger partial charge in [-0.2, -0.15) is 9.78 Å². The third-order valence-corrected chi connectivity index (χ3v) is 5.98. The van der Waals surface area contributed by atoms with Crippen LogP contribution in [0.1, 0.15) is 39.0 Å². The molecule has 0 unspecified atom stereocenters. The van der Waals surface area contributed by atoms with Crippen LogP contribution in [0, 0.1) is 13.8 Å². The Labute approximate surface area is 206 Å². The molecule has 36 heavy (non-hydrogen) atoms. The van der Waals surface area contributed by atoms with Crippen LogP contribution in [-0.2, 0) is 4.74 Å². The molecule has 0 aliphatic rings. The number of rotatable bonds is 6. The number of carbonyl (C=O) groups excluding carboxylic acids is 2. The van der Waals surface area contributed by atoms with Gasteiger partial charge in [0.25, 0.3) is 5.91 Å². The Hall–Kier alpha value is -4.66. The molecular weight excluding hydrogens is 460 g/mol. The molecule has 0 radical (unpaired) electrons. The van der Waals surface area contributed by atoms with Gasteiger partial charge < -0.3 is 19.2 Å². The third-order valence-electron chi connectivity index (χ3n) is 5.98. The number of nitrogens with zero attached hydrogens (tertiary/aromatic N) is 3. The van der Waals surface area contributed by atoms with Crippen LogP contribution in [-0.4, -0.2) is 40.4 Å². The number of esters is 1. The zero-order valence-electron chi connectivity index (χ0n) is 20.3. The number of carbonyl (C=O) groups is 2. The summed E-state index contributed by atoms with van der Waals surface area (Å²) < 4.78 is 17.9. The topological polar surface area (TPSA) is 108 Å². The summed E-state index contributed by atoms with van der Waals surface area (Å²) in [5.74, 6) is 0.125. The fourth-order valence-corrected chi connectivity index (χ4v) is 4.20. The molecule has 0 fully saturated rings. The number of amides is 1. The first-order valence-corrected chi connectivity index (χ1v) is 11.4. The maximum Gasteiger partial charge on any atom is 0.343 e. The monoisotopic (exact) mass is 484 g/mol. The quantitative estimate of drug-likeness (QED) is 0.329. The number of nitrogens with one attached hydrogen (secondary N) is 1. The van der Waals surface area contributed by atoms with Crippen molar-refractivity contribution in [2.75, 3.05) is 19.0 Å². The van der Waals surface area contributed by atoms with Crippen molar-refractivity contribution in [1.82, 2.24) is 14.8 Å². The second kappa shape index (κ2) is 9.18. The summed E-state index contributed by atoms with van der Waals surface area (Å²) in [6.07, 6.45) is 1.35. The van der Waals surface area contributed by atoms with E-state index in [-0.39, 0.29) is 23.7 Å². The average molecular weight is 485 g/mol. The van der Waals surface area contributed by atoms with Crippen molar-refractivity contribution in [2.24, 2.45) is 0 Å². The smallest absolute Gasteiger partial charge is 0.343 e. The molecule has 1 amide bonds. The summed E-state index contributed by atoms with van der Waals surface area (Å²) in [6, 6.07) is 14.9. The molecule has 1 N–H and O–H groups in total. The Morgan fingerprint density at radius 3 is 2.61 bits per heavy atom. The number of pyridine rings is 1. The number of methoxy groups -OCH3 is 1. The van der Waals surface area contributed by atoms with Gasteiger partial charge in [0.1, 0.15) is 22.4 Å². The van der Waals surface area contributed by atoms with Crippen molar-refractivity contribution in [3.8, 4) is 11.6 Å². The number of benzene rings is 2. The number of anilines is 1. The molecule has 0 saturated heterocycles. The van der Waals surface area contributed by atoms with Gasteiger partial charge >= 0.3 is 5.97 Å². The highest BCUT2D eigenvalue weighted by Gasteiger charge is 2.26. The van der Waals surface area contributed by atoms with E-state index in [1.165, 1.54) is 10.9 Å². The minimum Gasteiger partial charge on any atom is -0.494 e. The van der Waals surface area contributed by atoms with Gasteiger partial charge in [0.05, 0.1) is 19.9 Å². The van der Waals surface area contributed by atoms with E-state index in [0.29, 0.717) is 28.2 Å². The first-order valence-electron chi connectivity index (χ1n) is 11.4. The van der Waals surface area contributed by atoms with E-state index in [0.717, 1.165) is 16.3 Å². The van der Waals surface area contributed by atoms with Crippen molar-refractivity contribution >= 4 is 39.6 Å². The van der Waals surface area contributed by atoms with Crippen molar-refractivity contribution in [3.05, 3.63) is 77.2 Å². The minimum atomic E-state index is -0.615. The number of para-hydroxylation sites is 2. The molecule has 5 aromatic rings. The maximum atomic E-state index is 13.4. The maximum absolute atomic E-state index is 13.4. The van der Waals surface area contributed by atoms with Gasteiger partial charge in [-0.1, -0.05) is 30.3 Å². The van der Waals surface area contributed by atoms with E-state index < -0.39 is 11.9 Å². The summed E-state index contributed by atoms with van der Waals surface area (Å²) in [4.78, 5) is 30.8. The van der Waals surface area contributed by atoms with Gasteiger partial charge in [0, 0.05) is 16.3 Å². The number of fused-ring (bicyclic) bond motifs is 2. The SMILES string of the molecule is CCOC(=O)c1cnn(-c2cc(C)c3cccc(OC)c3n2)c1NC(=O)c1oc2ccccc2c1C. The summed E-state index contributed by atoms with van der Waals surface area (Å²) >= 11 is 0. The van der Waals surface area contributed by atoms with E-state index >= 15 is 0 Å². The zero-order valence-corrected chi connectivity index (χ0v) is 20.3. The Morgan fingerprint density at radius 1 is 1.08 bits per heavy atom. The van der Waals surface area contributed by atoms with Crippen LogP contribution in [0.25, 0.3) is 27.7 Å². The van der Waals surface area contributed by atoms with Gasteiger partial charge in [-0.3, -0.25) is 4.79 Å². The molecule has 5 rings (SSSR count). The van der Waals surface area contributed by atoms with Crippen molar-refractivity contribution in [1.29, 1.82) is 0 Å². The molecule has 182 valence electrons. The normalized spacial score (nSPS) is 11.1. The number of hydrogen-bond acceptors (Lipinski definition) is 7. The van der Waals surface area contributed by atoms with Crippen LogP contribution in [0.5, 0.6) is 5.75 Å². The Kier molecular flexibility index (Phi) is 5.89. The van der Waals surface area contributed by atoms with Crippen molar-refractivity contribution in [2.45, 2.75) is 20.8 Å². The van der Waals surface area contributed by atoms with Crippen LogP contribution in [0.2, 0.25) is 0 Å². The first-order chi connectivity index (χ1) is 17.4. The van der Waals surface area contributed by atoms with Gasteiger partial charge in [-0.15, -0.1) is 0 Å². The van der Waals surface area contributed by atoms with Gasteiger partial charge in [0.15, 0.2) is 17.4 Å². The second-order valence-corrected chi connectivity index (χ2v) is 8.20. The number of hydrogen-bond donors (Lipinski definition) is 1. The summed E-state index contributed by atoms with van der Waals surface area (Å²) in [7, 11) is 1.58. The molecular formula is C27H24N4O5. The largest absolute Gasteiger partial charge is 0.494 e. The number of aromatic nitrogens is 3. The first kappa shape index (κ1) is 23.1. The Balaban J connectivity index is 1.64. The van der Waals surface area contributed by atoms with Crippen LogP contribution in [0.15, 0.2) is 59.1 Å². The van der Waals surface area contributed by atoms with E-state index in [4.69, 9.17) is 18.9 Å². The molecule has 0 bridgehead atoms. The molecule has 3 heterocycles. The minimum absolute atomic E-state index is 0.0959. The molecule has 3 aromatic heterocycles. The number of furan rings is 1. The predicted octanol–water partition coefficient (Wildman–Crippen LogP) is 5.22. The van der Waals surface area contributed by atoms with Gasteiger partial charge in [-0.05, 0) is 44.5 Å². The lowest BCUT2D eigenvalue weighted by molar-refractivity contribution is 0.0527. The second-order valence-electron chi connectivity index (χ2n) is 8.20. The lowest BCUT2D eigenvalue weighted by atomic mass is 10.1. The lowest BCUT2D eigenvalue weighted by Crippen LogP contribution is -2.18. The lowest BCUT2D eigenvalue weighted by Gasteiger charge is -2.13. The third kappa shape index (κ3) is 3.84. The summed E-state index contributed by atoms with van der Waals surface area (Å²) in [6.45, 7) is 5.63. The predicted molar refractivity (Wildman–Crippen MR) is 135 cm³/mol. The fourth-order valence-electron chi connectivity index (χ4n) is 4.20. The summed E-state index contributed by atoms with van der Waals surface area (Å²) in [5, 5.41) is 8.93. The highest BCUT2D eigenvalue weighted by molar-refractivity contribution is 6.09. The highest BCUT2D eigenvalue weighted by atomic mass is 16.5. The highest BCUT2D eigenvalue weighted by Crippen LogP contribution is 2.30. The molecule has 9 nitrogen and oxygen atoms in total. The van der Waals surface area contributed by atoms with Crippen molar-refractivity contribution < 1.29 is 23.5 Å². The van der Waals surface area contributed by atoms with Crippen LogP contribution in [0.4, 0.5) is 5.82 Å². The number of aryl methyl sites for hydroxylation is 2. The van der Waals surface area contributed by atoms with E-state index in [1.54, 1.807) is 20.1 Å². The van der Waals surface area contributed by atoms with E-state index in [2.05, 4.69) is 10.4 Å². The molecule has 0 aliphatic heterocycles. The Bertz CT molecular complexity index is 1630.